The van der Waals surface area contributed by atoms with Crippen LogP contribution in [0.5, 0.6) is 11.5 Å². The molecule has 1 unspecified atom stereocenters. The Kier molecular flexibility index (Phi) is 6.59. The molecule has 1 aliphatic rings. The molecule has 0 spiro atoms. The summed E-state index contributed by atoms with van der Waals surface area (Å²) in [7, 11) is 0. The number of halogens is 3. The van der Waals surface area contributed by atoms with Crippen molar-refractivity contribution in [1.82, 2.24) is 9.38 Å². The molecule has 0 saturated heterocycles. The molecule has 1 atom stereocenters. The lowest BCUT2D eigenvalue weighted by Crippen LogP contribution is -2.09. The van der Waals surface area contributed by atoms with Crippen molar-refractivity contribution in [3.05, 3.63) is 99.8 Å². The Morgan fingerprint density at radius 2 is 1.92 bits per heavy atom. The van der Waals surface area contributed by atoms with Gasteiger partial charge in [-0.1, -0.05) is 26.0 Å². The largest absolute Gasteiger partial charge is 0.488 e. The predicted octanol–water partition coefficient (Wildman–Crippen LogP) is 6.52. The van der Waals surface area contributed by atoms with Gasteiger partial charge in [-0.2, -0.15) is 14.0 Å². The molecule has 0 amide bonds. The summed E-state index contributed by atoms with van der Waals surface area (Å²) in [4.78, 5) is 4.54. The van der Waals surface area contributed by atoms with E-state index in [1.165, 1.54) is 18.2 Å². The van der Waals surface area contributed by atoms with Gasteiger partial charge in [0.25, 0.3) is 0 Å². The van der Waals surface area contributed by atoms with Gasteiger partial charge in [0.1, 0.15) is 24.3 Å². The Hall–Kier alpha value is -4.29. The van der Waals surface area contributed by atoms with Gasteiger partial charge in [-0.25, -0.2) is 9.37 Å². The van der Waals surface area contributed by atoms with Crippen LogP contribution >= 0.6 is 0 Å². The first-order valence-electron chi connectivity index (χ1n) is 12.0. The number of hydrogen-bond donors (Lipinski definition) is 1. The van der Waals surface area contributed by atoms with Crippen molar-refractivity contribution >= 4 is 11.2 Å². The molecule has 1 N–H and O–H groups in total. The third-order valence-electron chi connectivity index (χ3n) is 6.55. The number of imidazole rings is 1. The summed E-state index contributed by atoms with van der Waals surface area (Å²) in [5.41, 5.74) is 4.77. The monoisotopic (exact) mass is 519 g/mol. The molecule has 38 heavy (non-hydrogen) atoms. The zero-order valence-electron chi connectivity index (χ0n) is 20.9. The molecule has 0 fully saturated rings. The van der Waals surface area contributed by atoms with Crippen LogP contribution in [0.15, 0.2) is 60.3 Å². The number of aliphatic hydroxyl groups excluding tert-OH is 1. The first-order chi connectivity index (χ1) is 18.2. The molecule has 2 aromatic carbocycles. The number of nitrogens with zero attached hydrogens (tertiary/aromatic N) is 3. The van der Waals surface area contributed by atoms with Gasteiger partial charge in [-0.3, -0.25) is 4.40 Å². The van der Waals surface area contributed by atoms with Crippen LogP contribution < -0.4 is 9.47 Å². The second kappa shape index (κ2) is 9.88. The van der Waals surface area contributed by atoms with E-state index in [1.807, 2.05) is 13.8 Å². The molecule has 5 rings (SSSR count). The highest BCUT2D eigenvalue weighted by molar-refractivity contribution is 5.88. The second-order valence-corrected chi connectivity index (χ2v) is 9.34. The highest BCUT2D eigenvalue weighted by atomic mass is 19.3. The fourth-order valence-corrected chi connectivity index (χ4v) is 4.85. The van der Waals surface area contributed by atoms with E-state index in [1.54, 1.807) is 47.9 Å². The van der Waals surface area contributed by atoms with Crippen LogP contribution in [0.25, 0.3) is 11.2 Å². The number of allylic oxidation sites excluding steroid dienone is 1. The summed E-state index contributed by atoms with van der Waals surface area (Å²) in [5.74, 6) is -0.350. The van der Waals surface area contributed by atoms with Gasteiger partial charge in [0.05, 0.1) is 17.5 Å². The summed E-state index contributed by atoms with van der Waals surface area (Å²) in [6, 6.07) is 14.6. The Morgan fingerprint density at radius 1 is 1.16 bits per heavy atom. The lowest BCUT2D eigenvalue weighted by molar-refractivity contribution is -0.0491. The molecule has 1 aliphatic heterocycles. The normalized spacial score (nSPS) is 14.9. The Balaban J connectivity index is 1.64. The van der Waals surface area contributed by atoms with E-state index in [-0.39, 0.29) is 23.9 Å². The molecule has 4 aromatic rings. The topological polar surface area (TPSA) is 79.8 Å². The van der Waals surface area contributed by atoms with Gasteiger partial charge in [0.15, 0.2) is 11.4 Å². The first-order valence-corrected chi connectivity index (χ1v) is 12.0. The molecule has 9 heteroatoms. The molecule has 0 radical (unpaired) electrons. The minimum atomic E-state index is -3.02. The second-order valence-electron chi connectivity index (χ2n) is 9.34. The average molecular weight is 520 g/mol. The quantitative estimate of drug-likeness (QED) is 0.304. The maximum atomic E-state index is 14.0. The molecule has 0 bridgehead atoms. The molecule has 0 saturated carbocycles. The molecule has 2 aromatic heterocycles. The number of fused-ring (bicyclic) bond motifs is 3. The number of aromatic nitrogens is 2. The van der Waals surface area contributed by atoms with E-state index < -0.39 is 18.5 Å². The van der Waals surface area contributed by atoms with Gasteiger partial charge in [-0.15, -0.1) is 0 Å². The lowest BCUT2D eigenvalue weighted by Gasteiger charge is -2.18. The van der Waals surface area contributed by atoms with E-state index in [0.717, 1.165) is 5.56 Å². The number of ether oxygens (including phenoxy) is 2. The van der Waals surface area contributed by atoms with Gasteiger partial charge in [-0.05, 0) is 59.9 Å². The van der Waals surface area contributed by atoms with E-state index >= 15 is 0 Å². The SMILES string of the molecule is CC(C#N)=C1c2ccc(C(O)c3c(C(C)C)nc4c(OC(F)F)cccn34)cc2COc2cc(F)ccc21. The molecule has 3 heterocycles. The highest BCUT2D eigenvalue weighted by Gasteiger charge is 2.27. The lowest BCUT2D eigenvalue weighted by atomic mass is 9.89. The van der Waals surface area contributed by atoms with Crippen molar-refractivity contribution in [1.29, 1.82) is 5.26 Å². The van der Waals surface area contributed by atoms with Gasteiger partial charge >= 0.3 is 6.61 Å². The van der Waals surface area contributed by atoms with Crippen molar-refractivity contribution in [3.8, 4) is 17.6 Å². The summed E-state index contributed by atoms with van der Waals surface area (Å²) in [6.07, 6.45) is 0.474. The number of alkyl halides is 2. The summed E-state index contributed by atoms with van der Waals surface area (Å²) >= 11 is 0. The summed E-state index contributed by atoms with van der Waals surface area (Å²) in [6.45, 7) is 2.55. The number of nitriles is 1. The average Bonchev–Trinajstić information content (AvgIpc) is 3.21. The van der Waals surface area contributed by atoms with E-state index in [2.05, 4.69) is 15.8 Å². The van der Waals surface area contributed by atoms with Crippen LogP contribution in [0, 0.1) is 17.1 Å². The van der Waals surface area contributed by atoms with Crippen LogP contribution in [-0.4, -0.2) is 21.1 Å². The van der Waals surface area contributed by atoms with Gasteiger partial charge < -0.3 is 14.6 Å². The number of benzene rings is 2. The molecular weight excluding hydrogens is 495 g/mol. The van der Waals surface area contributed by atoms with E-state index in [0.29, 0.717) is 45.0 Å². The minimum absolute atomic E-state index is 0.0884. The number of rotatable bonds is 5. The molecule has 0 aliphatic carbocycles. The zero-order chi connectivity index (χ0) is 27.1. The number of pyridine rings is 1. The van der Waals surface area contributed by atoms with E-state index in [9.17, 15) is 23.5 Å². The third-order valence-corrected chi connectivity index (χ3v) is 6.55. The maximum absolute atomic E-state index is 14.0. The number of aliphatic hydroxyl groups is 1. The standard InChI is InChI=1S/C29H24F3N3O3/c1-15(2)25-26(35-10-4-5-22(28(35)34-25)38-29(31)32)27(36)17-6-8-20-18(11-17)14-37-23-12-19(30)7-9-21(23)24(20)16(3)13-33/h4-12,15,27,29,36H,14H2,1-3H3. The summed E-state index contributed by atoms with van der Waals surface area (Å²) < 4.78 is 52.1. The van der Waals surface area contributed by atoms with Crippen molar-refractivity contribution in [2.24, 2.45) is 0 Å². The van der Waals surface area contributed by atoms with Crippen LogP contribution in [0.2, 0.25) is 0 Å². The van der Waals surface area contributed by atoms with Gasteiger partial charge in [0, 0.05) is 29.0 Å². The Labute approximate surface area is 217 Å². The molecule has 194 valence electrons. The van der Waals surface area contributed by atoms with Crippen molar-refractivity contribution in [3.63, 3.8) is 0 Å². The van der Waals surface area contributed by atoms with Crippen LogP contribution in [0.3, 0.4) is 0 Å². The number of hydrogen-bond acceptors (Lipinski definition) is 5. The highest BCUT2D eigenvalue weighted by Crippen LogP contribution is 2.41. The first kappa shape index (κ1) is 25.4. The fraction of sp³-hybridized carbons (Fsp3) is 0.241. The van der Waals surface area contributed by atoms with Crippen molar-refractivity contribution < 1.29 is 27.8 Å². The Bertz CT molecular complexity index is 1620. The fourth-order valence-electron chi connectivity index (χ4n) is 4.85. The molecular formula is C29H24F3N3O3. The van der Waals surface area contributed by atoms with Crippen molar-refractivity contribution in [2.45, 2.75) is 46.0 Å². The zero-order valence-corrected chi connectivity index (χ0v) is 20.9. The predicted molar refractivity (Wildman–Crippen MR) is 134 cm³/mol. The summed E-state index contributed by atoms with van der Waals surface area (Å²) in [5, 5.41) is 21.3. The van der Waals surface area contributed by atoms with Crippen LogP contribution in [0.4, 0.5) is 13.2 Å². The van der Waals surface area contributed by atoms with Crippen LogP contribution in [0.1, 0.15) is 66.4 Å². The molecule has 6 nitrogen and oxygen atoms in total. The van der Waals surface area contributed by atoms with Gasteiger partial charge in [0.2, 0.25) is 0 Å². The van der Waals surface area contributed by atoms with E-state index in [4.69, 9.17) is 4.74 Å². The third kappa shape index (κ3) is 4.37. The smallest absolute Gasteiger partial charge is 0.387 e. The van der Waals surface area contributed by atoms with Crippen molar-refractivity contribution in [2.75, 3.05) is 0 Å². The minimum Gasteiger partial charge on any atom is -0.488 e. The van der Waals surface area contributed by atoms with Crippen LogP contribution in [-0.2, 0) is 6.61 Å². The Morgan fingerprint density at radius 3 is 2.63 bits per heavy atom. The maximum Gasteiger partial charge on any atom is 0.387 e.